The number of phenolic OH excluding ortho intramolecular Hbond substituents is 2. The highest BCUT2D eigenvalue weighted by Crippen LogP contribution is 2.57. The Balaban J connectivity index is 0.898. The van der Waals surface area contributed by atoms with Crippen LogP contribution in [0.2, 0.25) is 0 Å². The molecule has 0 bridgehead atoms. The molecule has 1 spiro atoms. The molecule has 0 saturated heterocycles. The molecule has 2 heterocycles. The van der Waals surface area contributed by atoms with Gasteiger partial charge in [0.15, 0.2) is 5.60 Å². The molecule has 7 rings (SSSR count). The van der Waals surface area contributed by atoms with Gasteiger partial charge in [0.1, 0.15) is 53.2 Å². The van der Waals surface area contributed by atoms with E-state index in [0.29, 0.717) is 11.4 Å². The van der Waals surface area contributed by atoms with Crippen LogP contribution in [0.5, 0.6) is 23.0 Å². The Bertz CT molecular complexity index is 3150. The highest BCUT2D eigenvalue weighted by Gasteiger charge is 2.54. The van der Waals surface area contributed by atoms with Crippen molar-refractivity contribution in [3.05, 3.63) is 137 Å². The number of carboxylic acids is 1. The molecule has 5 atom stereocenters. The van der Waals surface area contributed by atoms with Crippen LogP contribution in [0, 0.1) is 0 Å². The second kappa shape index (κ2) is 23.2. The molecule has 8 N–H and O–H groups in total. The van der Waals surface area contributed by atoms with E-state index in [1.54, 1.807) is 12.1 Å². The minimum Gasteiger partial charge on any atom is -0.508 e. The van der Waals surface area contributed by atoms with Gasteiger partial charge in [0, 0.05) is 55.0 Å². The Hall–Kier alpha value is -9.71. The number of phenols is 2. The number of ether oxygens (including phenoxy) is 3. The Labute approximate surface area is 438 Å². The van der Waals surface area contributed by atoms with E-state index in [0.717, 1.165) is 5.69 Å². The fourth-order valence-electron chi connectivity index (χ4n) is 7.92. The van der Waals surface area contributed by atoms with E-state index in [-0.39, 0.29) is 56.4 Å². The first-order valence-corrected chi connectivity index (χ1v) is 23.7. The summed E-state index contributed by atoms with van der Waals surface area (Å²) in [5.41, 5.74) is 3.15. The van der Waals surface area contributed by atoms with Crippen LogP contribution in [-0.2, 0) is 48.7 Å². The molecule has 400 valence electrons. The van der Waals surface area contributed by atoms with Gasteiger partial charge in [-0.05, 0) is 125 Å². The lowest BCUT2D eigenvalue weighted by atomic mass is 9.77. The lowest BCUT2D eigenvalue weighted by molar-refractivity contribution is -0.144. The third-order valence-electron chi connectivity index (χ3n) is 12.2. The number of esters is 3. The molecule has 2 aliphatic rings. The fraction of sp³-hybridized carbons (Fsp3) is 0.264. The summed E-state index contributed by atoms with van der Waals surface area (Å²) in [4.78, 5) is 124. The van der Waals surface area contributed by atoms with E-state index in [2.05, 4.69) is 37.0 Å². The maximum Gasteiger partial charge on any atom is 0.356 e. The third-order valence-corrected chi connectivity index (χ3v) is 12.2. The van der Waals surface area contributed by atoms with Crippen LogP contribution in [0.15, 0.2) is 113 Å². The van der Waals surface area contributed by atoms with Crippen LogP contribution >= 0.6 is 0 Å². The number of azo groups is 1. The van der Waals surface area contributed by atoms with Crippen molar-refractivity contribution >= 4 is 70.5 Å². The number of nitrogens with one attached hydrogen (secondary N) is 5. The zero-order chi connectivity index (χ0) is 55.9. The number of rotatable bonds is 19. The van der Waals surface area contributed by atoms with Gasteiger partial charge in [-0.2, -0.15) is 10.2 Å². The van der Waals surface area contributed by atoms with Crippen LogP contribution in [0.3, 0.4) is 0 Å². The van der Waals surface area contributed by atoms with Gasteiger partial charge >= 0.3 is 29.8 Å². The van der Waals surface area contributed by atoms with Gasteiger partial charge in [-0.1, -0.05) is 0 Å². The lowest BCUT2D eigenvalue weighted by Gasteiger charge is -2.36. The van der Waals surface area contributed by atoms with Crippen molar-refractivity contribution in [2.45, 2.75) is 76.3 Å². The first-order valence-electron chi connectivity index (χ1n) is 23.7. The first kappa shape index (κ1) is 55.0. The minimum absolute atomic E-state index is 0.0216. The first-order chi connectivity index (χ1) is 36.5. The number of carbonyl (C=O) groups is 9. The topological polar surface area (TPSA) is 339 Å². The number of aromatic hydroxyl groups is 2. The van der Waals surface area contributed by atoms with Gasteiger partial charge in [0.2, 0.25) is 23.6 Å². The van der Waals surface area contributed by atoms with Crippen LogP contribution in [-0.4, -0.2) is 113 Å². The number of carboxylic acid groups (broad SMARTS) is 1. The minimum atomic E-state index is -1.77. The van der Waals surface area contributed by atoms with Crippen molar-refractivity contribution in [2.75, 3.05) is 19.0 Å². The summed E-state index contributed by atoms with van der Waals surface area (Å²) in [5, 5.41) is 47.7. The molecule has 0 radical (unpaired) electrons. The number of carbonyl (C=O) groups excluding carboxylic acids is 8. The summed E-state index contributed by atoms with van der Waals surface area (Å²) in [6.45, 7) is 5.20. The molecule has 0 aromatic heterocycles. The van der Waals surface area contributed by atoms with Crippen LogP contribution in [0.25, 0.3) is 0 Å². The average Bonchev–Trinajstić information content (AvgIpc) is 3.71. The summed E-state index contributed by atoms with van der Waals surface area (Å²) >= 11 is 0. The van der Waals surface area contributed by atoms with E-state index < -0.39 is 102 Å². The second-order valence-electron chi connectivity index (χ2n) is 18.1. The zero-order valence-corrected chi connectivity index (χ0v) is 42.1. The number of hydrogen-bond donors (Lipinski definition) is 8. The summed E-state index contributed by atoms with van der Waals surface area (Å²) in [6, 6.07) is 18.4. The number of hydroxylamine groups is 1. The number of hydrogen-bond acceptors (Lipinski definition) is 19. The van der Waals surface area contributed by atoms with Crippen molar-refractivity contribution in [3.8, 4) is 23.0 Å². The van der Waals surface area contributed by atoms with Gasteiger partial charge in [-0.3, -0.25) is 24.0 Å². The number of benzene rings is 5. The average molecular weight is 1060 g/mol. The van der Waals surface area contributed by atoms with Crippen molar-refractivity contribution in [3.63, 3.8) is 0 Å². The summed E-state index contributed by atoms with van der Waals surface area (Å²) in [6.07, 6.45) is -1.23. The predicted molar refractivity (Wildman–Crippen MR) is 269 cm³/mol. The van der Waals surface area contributed by atoms with Gasteiger partial charge in [0.05, 0.1) is 28.1 Å². The molecule has 2 aliphatic heterocycles. The normalized spacial score (nSPS) is 14.6. The SMILES string of the molecule is C[C@H](NOC(=O)c1ccc(N=Nc2ccc(N(C)C)cc2)cc1)C(=O)N[C@@H](C)C(=O)N[C@@H](C)C(=O)N[C@@H](C)C(=O)N[C@@H](CCC(=O)O)C(=O)OC(=O)c1ccc2c(c1)C1(OC2=O)c2ccc(O)cc2Oc2cc(O)ccc21. The Kier molecular flexibility index (Phi) is 16.6. The molecule has 0 fully saturated rings. The molecule has 5 aromatic rings. The molecular weight excluding hydrogens is 1000 g/mol. The number of nitrogens with zero attached hydrogens (tertiary/aromatic N) is 3. The highest BCUT2D eigenvalue weighted by atomic mass is 16.7. The number of anilines is 1. The predicted octanol–water partition coefficient (Wildman–Crippen LogP) is 4.44. The maximum atomic E-state index is 13.6. The van der Waals surface area contributed by atoms with E-state index in [1.807, 2.05) is 43.3 Å². The molecule has 4 amide bonds. The number of fused-ring (bicyclic) bond motifs is 6. The molecular formula is C53H52N8O16. The lowest BCUT2D eigenvalue weighted by Crippen LogP contribution is -2.56. The van der Waals surface area contributed by atoms with Crippen molar-refractivity contribution in [2.24, 2.45) is 10.2 Å². The summed E-state index contributed by atoms with van der Waals surface area (Å²) < 4.78 is 17.1. The smallest absolute Gasteiger partial charge is 0.356 e. The Morgan fingerprint density at radius 2 is 1.10 bits per heavy atom. The molecule has 24 heteroatoms. The molecule has 24 nitrogen and oxygen atoms in total. The molecule has 0 saturated carbocycles. The van der Waals surface area contributed by atoms with Crippen molar-refractivity contribution < 1.29 is 77.5 Å². The Morgan fingerprint density at radius 3 is 1.62 bits per heavy atom. The van der Waals surface area contributed by atoms with Crippen LogP contribution < -0.4 is 36.4 Å². The highest BCUT2D eigenvalue weighted by molar-refractivity contribution is 6.03. The third kappa shape index (κ3) is 12.6. The zero-order valence-electron chi connectivity index (χ0n) is 42.1. The summed E-state index contributed by atoms with van der Waals surface area (Å²) in [7, 11) is 3.84. The standard InChI is InChI=1S/C53H52N8O16/c1-26(54-46(67)27(2)56-48(69)29(4)60-77-50(71)30-7-10-32(11-8-30)58-59-33-12-14-34(15-13-33)61(5)6)45(66)55-28(3)47(68)57-41(21-22-44(64)65)52(73)75-49(70)31-9-18-37-40(23-31)53(76-51(37)72)38-19-16-35(62)24-42(38)74-43-25-36(63)17-20-39(43)53/h7-20,23-29,41,60,62-63H,21-22H2,1-6H3,(H,54,67)(H,55,66)(H,56,69)(H,57,68)(H,64,65)/t26-,27-,28-,29-,41-/m0/s1. The van der Waals surface area contributed by atoms with Gasteiger partial charge in [-0.15, -0.1) is 5.48 Å². The largest absolute Gasteiger partial charge is 0.508 e. The molecule has 0 unspecified atom stereocenters. The van der Waals surface area contributed by atoms with Crippen molar-refractivity contribution in [1.29, 1.82) is 0 Å². The molecule has 0 aliphatic carbocycles. The maximum absolute atomic E-state index is 13.6. The van der Waals surface area contributed by atoms with E-state index in [1.165, 1.54) is 94.4 Å². The number of aliphatic carboxylic acids is 1. The van der Waals surface area contributed by atoms with Crippen molar-refractivity contribution in [1.82, 2.24) is 26.7 Å². The van der Waals surface area contributed by atoms with Gasteiger partial charge < -0.3 is 60.5 Å². The monoisotopic (exact) mass is 1060 g/mol. The quantitative estimate of drug-likeness (QED) is 0.0186. The molecule has 77 heavy (non-hydrogen) atoms. The summed E-state index contributed by atoms with van der Waals surface area (Å²) in [5.74, 6) is -9.31. The second-order valence-corrected chi connectivity index (χ2v) is 18.1. The molecule has 5 aromatic carbocycles. The fourth-order valence-corrected chi connectivity index (χ4v) is 7.92. The van der Waals surface area contributed by atoms with E-state index in [4.69, 9.17) is 19.0 Å². The van der Waals surface area contributed by atoms with Crippen LogP contribution in [0.4, 0.5) is 17.1 Å². The van der Waals surface area contributed by atoms with E-state index >= 15 is 0 Å². The van der Waals surface area contributed by atoms with Gasteiger partial charge in [0.25, 0.3) is 0 Å². The number of amides is 4. The van der Waals surface area contributed by atoms with E-state index in [9.17, 15) is 58.5 Å². The Morgan fingerprint density at radius 1 is 0.610 bits per heavy atom. The van der Waals surface area contributed by atoms with Crippen LogP contribution in [0.1, 0.15) is 88.3 Å². The van der Waals surface area contributed by atoms with Gasteiger partial charge in [-0.25, -0.2) is 19.2 Å².